The Balaban J connectivity index is 2.26. The zero-order valence-corrected chi connectivity index (χ0v) is 12.3. The summed E-state index contributed by atoms with van der Waals surface area (Å²) in [5.74, 6) is 0.0718. The minimum Gasteiger partial charge on any atom is -0.482 e. The van der Waals surface area contributed by atoms with Crippen LogP contribution in [-0.2, 0) is 13.2 Å². The first-order valence-electron chi connectivity index (χ1n) is 5.96. The molecule has 0 amide bonds. The Labute approximate surface area is 130 Å². The predicted octanol–water partition coefficient (Wildman–Crippen LogP) is 3.97. The van der Waals surface area contributed by atoms with Gasteiger partial charge in [-0.05, 0) is 35.9 Å². The Morgan fingerprint density at radius 1 is 1.19 bits per heavy atom. The lowest BCUT2D eigenvalue weighted by atomic mass is 10.2. The van der Waals surface area contributed by atoms with Gasteiger partial charge in [0.15, 0.2) is 5.75 Å². The highest BCUT2D eigenvalue weighted by molar-refractivity contribution is 6.33. The molecule has 0 bridgehead atoms. The van der Waals surface area contributed by atoms with Crippen molar-refractivity contribution in [2.45, 2.75) is 13.2 Å². The number of hydrogen-bond donors (Lipinski definition) is 1. The van der Waals surface area contributed by atoms with Crippen LogP contribution in [0.5, 0.6) is 5.75 Å². The standard InChI is InChI=1S/C14H11Cl2NO4/c15-11-2-3-12(16)10(6-11)8-21-14-5-9(7-18)1-4-13(14)17(19)20/h1-6,18H,7-8H2. The third-order valence-electron chi connectivity index (χ3n) is 2.79. The van der Waals surface area contributed by atoms with E-state index in [0.29, 0.717) is 21.2 Å². The van der Waals surface area contributed by atoms with E-state index in [-0.39, 0.29) is 24.7 Å². The summed E-state index contributed by atoms with van der Waals surface area (Å²) in [6, 6.07) is 9.09. The molecule has 7 heteroatoms. The SMILES string of the molecule is O=[N+]([O-])c1ccc(CO)cc1OCc1cc(Cl)ccc1Cl. The molecule has 0 radical (unpaired) electrons. The Morgan fingerprint density at radius 3 is 2.62 bits per heavy atom. The first-order valence-corrected chi connectivity index (χ1v) is 6.71. The summed E-state index contributed by atoms with van der Waals surface area (Å²) in [5, 5.41) is 21.0. The first-order chi connectivity index (χ1) is 10.0. The number of hydrogen-bond acceptors (Lipinski definition) is 4. The van der Waals surface area contributed by atoms with Crippen LogP contribution in [0, 0.1) is 10.1 Å². The number of halogens is 2. The maximum atomic E-state index is 11.0. The van der Waals surface area contributed by atoms with E-state index >= 15 is 0 Å². The van der Waals surface area contributed by atoms with Gasteiger partial charge in [-0.1, -0.05) is 23.2 Å². The van der Waals surface area contributed by atoms with Crippen molar-refractivity contribution in [1.82, 2.24) is 0 Å². The number of nitrogens with zero attached hydrogens (tertiary/aromatic N) is 1. The second-order valence-electron chi connectivity index (χ2n) is 4.24. The number of nitro groups is 1. The van der Waals surface area contributed by atoms with E-state index in [1.54, 1.807) is 18.2 Å². The summed E-state index contributed by atoms with van der Waals surface area (Å²) in [4.78, 5) is 10.4. The molecule has 1 N–H and O–H groups in total. The van der Waals surface area contributed by atoms with E-state index in [1.807, 2.05) is 0 Å². The molecule has 5 nitrogen and oxygen atoms in total. The molecule has 0 aliphatic rings. The summed E-state index contributed by atoms with van der Waals surface area (Å²) in [5.41, 5.74) is 0.964. The number of aliphatic hydroxyl groups is 1. The number of rotatable bonds is 5. The van der Waals surface area contributed by atoms with Crippen molar-refractivity contribution >= 4 is 28.9 Å². The molecule has 0 heterocycles. The molecule has 0 aliphatic carbocycles. The van der Waals surface area contributed by atoms with E-state index < -0.39 is 4.92 Å². The van der Waals surface area contributed by atoms with Crippen LogP contribution in [0.4, 0.5) is 5.69 Å². The molecular formula is C14H11Cl2NO4. The average molecular weight is 328 g/mol. The van der Waals surface area contributed by atoms with Crippen molar-refractivity contribution in [3.8, 4) is 5.75 Å². The van der Waals surface area contributed by atoms with Crippen molar-refractivity contribution in [1.29, 1.82) is 0 Å². The highest BCUT2D eigenvalue weighted by atomic mass is 35.5. The third kappa shape index (κ3) is 3.85. The van der Waals surface area contributed by atoms with Crippen molar-refractivity contribution in [2.75, 3.05) is 0 Å². The average Bonchev–Trinajstić information content (AvgIpc) is 2.47. The van der Waals surface area contributed by atoms with E-state index in [4.69, 9.17) is 33.0 Å². The fraction of sp³-hybridized carbons (Fsp3) is 0.143. The molecule has 2 aromatic carbocycles. The third-order valence-corrected chi connectivity index (χ3v) is 3.40. The number of benzene rings is 2. The van der Waals surface area contributed by atoms with Gasteiger partial charge in [0.1, 0.15) is 6.61 Å². The molecule has 0 saturated carbocycles. The summed E-state index contributed by atoms with van der Waals surface area (Å²) >= 11 is 11.9. The van der Waals surface area contributed by atoms with Crippen molar-refractivity contribution in [3.05, 3.63) is 67.7 Å². The molecule has 0 aromatic heterocycles. The predicted molar refractivity (Wildman–Crippen MR) is 79.8 cm³/mol. The molecule has 0 atom stereocenters. The van der Waals surface area contributed by atoms with Crippen LogP contribution in [0.2, 0.25) is 10.0 Å². The molecular weight excluding hydrogens is 317 g/mol. The van der Waals surface area contributed by atoms with Gasteiger partial charge in [-0.25, -0.2) is 0 Å². The van der Waals surface area contributed by atoms with Crippen LogP contribution in [0.3, 0.4) is 0 Å². The molecule has 21 heavy (non-hydrogen) atoms. The topological polar surface area (TPSA) is 72.6 Å². The maximum absolute atomic E-state index is 11.0. The van der Waals surface area contributed by atoms with Crippen LogP contribution in [-0.4, -0.2) is 10.0 Å². The van der Waals surface area contributed by atoms with Gasteiger partial charge in [-0.3, -0.25) is 10.1 Å². The normalized spacial score (nSPS) is 10.4. The maximum Gasteiger partial charge on any atom is 0.310 e. The van der Waals surface area contributed by atoms with Gasteiger partial charge < -0.3 is 9.84 Å². The van der Waals surface area contributed by atoms with Gasteiger partial charge in [-0.2, -0.15) is 0 Å². The highest BCUT2D eigenvalue weighted by Gasteiger charge is 2.16. The van der Waals surface area contributed by atoms with Crippen LogP contribution >= 0.6 is 23.2 Å². The van der Waals surface area contributed by atoms with E-state index in [9.17, 15) is 10.1 Å². The van der Waals surface area contributed by atoms with Gasteiger partial charge in [0, 0.05) is 21.7 Å². The monoisotopic (exact) mass is 327 g/mol. The fourth-order valence-electron chi connectivity index (χ4n) is 1.73. The fourth-order valence-corrected chi connectivity index (χ4v) is 2.10. The Kier molecular flexibility index (Phi) is 5.01. The summed E-state index contributed by atoms with van der Waals surface area (Å²) in [6.45, 7) is -0.193. The molecule has 0 unspecified atom stereocenters. The lowest BCUT2D eigenvalue weighted by Gasteiger charge is -2.09. The van der Waals surface area contributed by atoms with Gasteiger partial charge >= 0.3 is 5.69 Å². The molecule has 110 valence electrons. The van der Waals surface area contributed by atoms with Crippen LogP contribution in [0.25, 0.3) is 0 Å². The lowest BCUT2D eigenvalue weighted by molar-refractivity contribution is -0.386. The zero-order chi connectivity index (χ0) is 15.4. The highest BCUT2D eigenvalue weighted by Crippen LogP contribution is 2.30. The minimum atomic E-state index is -0.546. The van der Waals surface area contributed by atoms with Crippen LogP contribution < -0.4 is 4.74 Å². The van der Waals surface area contributed by atoms with Gasteiger partial charge in [0.05, 0.1) is 11.5 Å². The molecule has 0 aliphatic heterocycles. The lowest BCUT2D eigenvalue weighted by Crippen LogP contribution is -2.01. The summed E-state index contributed by atoms with van der Waals surface area (Å²) < 4.78 is 5.47. The smallest absolute Gasteiger partial charge is 0.310 e. The summed E-state index contributed by atoms with van der Waals surface area (Å²) in [6.07, 6.45) is 0. The van der Waals surface area contributed by atoms with E-state index in [2.05, 4.69) is 0 Å². The Morgan fingerprint density at radius 2 is 1.95 bits per heavy atom. The second-order valence-corrected chi connectivity index (χ2v) is 5.09. The molecule has 0 spiro atoms. The zero-order valence-electron chi connectivity index (χ0n) is 10.8. The van der Waals surface area contributed by atoms with E-state index in [1.165, 1.54) is 18.2 Å². The molecule has 0 fully saturated rings. The molecule has 2 aromatic rings. The molecule has 2 rings (SSSR count). The first kappa shape index (κ1) is 15.6. The Hall–Kier alpha value is -1.82. The van der Waals surface area contributed by atoms with Crippen LogP contribution in [0.1, 0.15) is 11.1 Å². The molecule has 0 saturated heterocycles. The minimum absolute atomic E-state index is 0.0368. The van der Waals surface area contributed by atoms with Crippen LogP contribution in [0.15, 0.2) is 36.4 Å². The quantitative estimate of drug-likeness (QED) is 0.666. The van der Waals surface area contributed by atoms with Crippen molar-refractivity contribution < 1.29 is 14.8 Å². The van der Waals surface area contributed by atoms with Crippen molar-refractivity contribution in [2.24, 2.45) is 0 Å². The number of ether oxygens (including phenoxy) is 1. The van der Waals surface area contributed by atoms with Gasteiger partial charge in [0.25, 0.3) is 0 Å². The number of aliphatic hydroxyl groups excluding tert-OH is 1. The summed E-state index contributed by atoms with van der Waals surface area (Å²) in [7, 11) is 0. The van der Waals surface area contributed by atoms with Crippen molar-refractivity contribution in [3.63, 3.8) is 0 Å². The largest absolute Gasteiger partial charge is 0.482 e. The van der Waals surface area contributed by atoms with Gasteiger partial charge in [0.2, 0.25) is 0 Å². The van der Waals surface area contributed by atoms with Gasteiger partial charge in [-0.15, -0.1) is 0 Å². The Bertz CT molecular complexity index is 676. The van der Waals surface area contributed by atoms with E-state index in [0.717, 1.165) is 0 Å². The second kappa shape index (κ2) is 6.76. The number of nitro benzene ring substituents is 1.